The first-order valence-electron chi connectivity index (χ1n) is 7.13. The van der Waals surface area contributed by atoms with Gasteiger partial charge in [-0.2, -0.15) is 0 Å². The number of hydrogen-bond acceptors (Lipinski definition) is 3. The highest BCUT2D eigenvalue weighted by Crippen LogP contribution is 2.34. The summed E-state index contributed by atoms with van der Waals surface area (Å²) in [6.07, 6.45) is 4.64. The highest BCUT2D eigenvalue weighted by atomic mass is 35.5. The van der Waals surface area contributed by atoms with Crippen LogP contribution in [0.5, 0.6) is 0 Å². The average molecular weight is 291 g/mol. The number of methoxy groups -OCH3 is 1. The molecule has 1 aromatic heterocycles. The van der Waals surface area contributed by atoms with Crippen LogP contribution in [-0.2, 0) is 17.6 Å². The zero-order valence-corrected chi connectivity index (χ0v) is 12.5. The van der Waals surface area contributed by atoms with Gasteiger partial charge in [0.1, 0.15) is 0 Å². The van der Waals surface area contributed by atoms with Crippen LogP contribution in [0.1, 0.15) is 24.1 Å². The molecule has 1 aliphatic rings. The van der Waals surface area contributed by atoms with Crippen molar-refractivity contribution >= 4 is 28.2 Å². The number of pyridine rings is 1. The maximum atomic E-state index is 6.10. The first-order chi connectivity index (χ1) is 9.79. The zero-order chi connectivity index (χ0) is 13.9. The number of halogens is 1. The van der Waals surface area contributed by atoms with E-state index in [9.17, 15) is 0 Å². The standard InChI is InChI=1S/C16H19ClN2O/c1-20-9-8-18-16-12-4-2-3-5-14(12)19-15-10-11(17)6-7-13(15)16/h6-7,10H,2-5,8-9H2,1H3,(H,18,19). The van der Waals surface area contributed by atoms with Crippen molar-refractivity contribution in [3.8, 4) is 0 Å². The van der Waals surface area contributed by atoms with E-state index in [0.29, 0.717) is 6.61 Å². The number of fused-ring (bicyclic) bond motifs is 2. The molecule has 2 aromatic rings. The van der Waals surface area contributed by atoms with Gasteiger partial charge in [0, 0.05) is 35.4 Å². The summed E-state index contributed by atoms with van der Waals surface area (Å²) >= 11 is 6.10. The van der Waals surface area contributed by atoms with Gasteiger partial charge in [-0.15, -0.1) is 0 Å². The molecule has 3 rings (SSSR count). The Morgan fingerprint density at radius 1 is 1.30 bits per heavy atom. The molecule has 0 atom stereocenters. The molecule has 0 saturated heterocycles. The number of rotatable bonds is 4. The Bertz CT molecular complexity index is 627. The molecule has 106 valence electrons. The molecule has 0 saturated carbocycles. The van der Waals surface area contributed by atoms with Crippen molar-refractivity contribution in [3.63, 3.8) is 0 Å². The van der Waals surface area contributed by atoms with Crippen molar-refractivity contribution in [2.75, 3.05) is 25.6 Å². The molecule has 1 N–H and O–H groups in total. The fourth-order valence-electron chi connectivity index (χ4n) is 2.88. The highest BCUT2D eigenvalue weighted by molar-refractivity contribution is 6.31. The van der Waals surface area contributed by atoms with E-state index >= 15 is 0 Å². The van der Waals surface area contributed by atoms with Crippen LogP contribution < -0.4 is 5.32 Å². The lowest BCUT2D eigenvalue weighted by Crippen LogP contribution is -2.14. The Kier molecular flexibility index (Phi) is 4.08. The lowest BCUT2D eigenvalue weighted by Gasteiger charge is -2.21. The van der Waals surface area contributed by atoms with E-state index in [2.05, 4.69) is 11.4 Å². The van der Waals surface area contributed by atoms with Crippen LogP contribution in [0, 0.1) is 0 Å². The maximum absolute atomic E-state index is 6.10. The third-order valence-electron chi connectivity index (χ3n) is 3.83. The summed E-state index contributed by atoms with van der Waals surface area (Å²) in [5.41, 5.74) is 4.81. The Balaban J connectivity index is 2.11. The average Bonchev–Trinajstić information content (AvgIpc) is 2.46. The van der Waals surface area contributed by atoms with E-state index < -0.39 is 0 Å². The Morgan fingerprint density at radius 3 is 3.00 bits per heavy atom. The van der Waals surface area contributed by atoms with E-state index in [-0.39, 0.29) is 0 Å². The van der Waals surface area contributed by atoms with Gasteiger partial charge in [0.2, 0.25) is 0 Å². The van der Waals surface area contributed by atoms with E-state index in [1.807, 2.05) is 12.1 Å². The van der Waals surface area contributed by atoms with Crippen LogP contribution in [0.3, 0.4) is 0 Å². The van der Waals surface area contributed by atoms with Crippen LogP contribution in [0.25, 0.3) is 10.9 Å². The molecule has 0 amide bonds. The highest BCUT2D eigenvalue weighted by Gasteiger charge is 2.18. The second kappa shape index (κ2) is 5.98. The molecule has 3 nitrogen and oxygen atoms in total. The Labute approximate surface area is 124 Å². The second-order valence-corrected chi connectivity index (χ2v) is 5.64. The van der Waals surface area contributed by atoms with Gasteiger partial charge in [-0.3, -0.25) is 4.98 Å². The van der Waals surface area contributed by atoms with Crippen LogP contribution in [0.2, 0.25) is 5.02 Å². The Morgan fingerprint density at radius 2 is 2.15 bits per heavy atom. The van der Waals surface area contributed by atoms with Gasteiger partial charge < -0.3 is 10.1 Å². The number of anilines is 1. The van der Waals surface area contributed by atoms with E-state index in [1.54, 1.807) is 7.11 Å². The second-order valence-electron chi connectivity index (χ2n) is 5.20. The molecule has 1 aliphatic carbocycles. The number of nitrogens with zero attached hydrogens (tertiary/aromatic N) is 1. The van der Waals surface area contributed by atoms with Crippen molar-refractivity contribution in [1.29, 1.82) is 0 Å². The summed E-state index contributed by atoms with van der Waals surface area (Å²) in [5.74, 6) is 0. The van der Waals surface area contributed by atoms with E-state index in [0.717, 1.165) is 35.3 Å². The SMILES string of the molecule is COCCNc1c2c(nc3cc(Cl)ccc13)CCCC2. The predicted molar refractivity (Wildman–Crippen MR) is 83.8 cm³/mol. The minimum absolute atomic E-state index is 0.701. The molecule has 0 spiro atoms. The van der Waals surface area contributed by atoms with Gasteiger partial charge >= 0.3 is 0 Å². The van der Waals surface area contributed by atoms with Crippen molar-refractivity contribution in [2.45, 2.75) is 25.7 Å². The van der Waals surface area contributed by atoms with Crippen molar-refractivity contribution in [3.05, 3.63) is 34.5 Å². The summed E-state index contributed by atoms with van der Waals surface area (Å²) in [4.78, 5) is 4.81. The lowest BCUT2D eigenvalue weighted by atomic mass is 9.92. The quantitative estimate of drug-likeness (QED) is 0.869. The minimum atomic E-state index is 0.701. The van der Waals surface area contributed by atoms with Gasteiger partial charge in [0.15, 0.2) is 0 Å². The number of ether oxygens (including phenoxy) is 1. The molecule has 1 aromatic carbocycles. The van der Waals surface area contributed by atoms with Gasteiger partial charge in [0.25, 0.3) is 0 Å². The largest absolute Gasteiger partial charge is 0.383 e. The molecule has 1 heterocycles. The summed E-state index contributed by atoms with van der Waals surface area (Å²) in [5, 5.41) is 5.43. The van der Waals surface area contributed by atoms with Gasteiger partial charge in [-0.25, -0.2) is 0 Å². The number of nitrogens with one attached hydrogen (secondary N) is 1. The summed E-state index contributed by atoms with van der Waals surface area (Å²) in [6, 6.07) is 5.95. The third kappa shape index (κ3) is 2.60. The molecule has 4 heteroatoms. The van der Waals surface area contributed by atoms with Gasteiger partial charge in [-0.05, 0) is 49.4 Å². The fraction of sp³-hybridized carbons (Fsp3) is 0.438. The smallest absolute Gasteiger partial charge is 0.0741 e. The number of aromatic nitrogens is 1. The summed E-state index contributed by atoms with van der Waals surface area (Å²) in [6.45, 7) is 1.51. The third-order valence-corrected chi connectivity index (χ3v) is 4.07. The summed E-state index contributed by atoms with van der Waals surface area (Å²) in [7, 11) is 1.72. The lowest BCUT2D eigenvalue weighted by molar-refractivity contribution is 0.211. The molecule has 0 bridgehead atoms. The number of hydrogen-bond donors (Lipinski definition) is 1. The van der Waals surface area contributed by atoms with E-state index in [1.165, 1.54) is 29.8 Å². The van der Waals surface area contributed by atoms with Crippen molar-refractivity contribution in [1.82, 2.24) is 4.98 Å². The van der Waals surface area contributed by atoms with Gasteiger partial charge in [0.05, 0.1) is 12.1 Å². The maximum Gasteiger partial charge on any atom is 0.0741 e. The fourth-order valence-corrected chi connectivity index (χ4v) is 3.05. The number of aryl methyl sites for hydroxylation is 1. The molecule has 20 heavy (non-hydrogen) atoms. The molecule has 0 unspecified atom stereocenters. The van der Waals surface area contributed by atoms with Gasteiger partial charge in [-0.1, -0.05) is 11.6 Å². The van der Waals surface area contributed by atoms with Crippen LogP contribution in [-0.4, -0.2) is 25.2 Å². The topological polar surface area (TPSA) is 34.1 Å². The Hall–Kier alpha value is -1.32. The van der Waals surface area contributed by atoms with Crippen LogP contribution in [0.15, 0.2) is 18.2 Å². The minimum Gasteiger partial charge on any atom is -0.383 e. The van der Waals surface area contributed by atoms with Crippen molar-refractivity contribution < 1.29 is 4.74 Å². The summed E-state index contributed by atoms with van der Waals surface area (Å²) < 4.78 is 5.14. The monoisotopic (exact) mass is 290 g/mol. The molecule has 0 fully saturated rings. The molecular formula is C16H19ClN2O. The zero-order valence-electron chi connectivity index (χ0n) is 11.7. The molecule has 0 radical (unpaired) electrons. The molecule has 0 aliphatic heterocycles. The number of benzene rings is 1. The normalized spacial score (nSPS) is 14.3. The van der Waals surface area contributed by atoms with Crippen LogP contribution >= 0.6 is 11.6 Å². The molecular weight excluding hydrogens is 272 g/mol. The van der Waals surface area contributed by atoms with Crippen molar-refractivity contribution in [2.24, 2.45) is 0 Å². The first kappa shape index (κ1) is 13.7. The van der Waals surface area contributed by atoms with E-state index in [4.69, 9.17) is 21.3 Å². The van der Waals surface area contributed by atoms with Crippen LogP contribution in [0.4, 0.5) is 5.69 Å². The predicted octanol–water partition coefficient (Wildman–Crippen LogP) is 3.83. The first-order valence-corrected chi connectivity index (χ1v) is 7.51.